The number of pyridine rings is 1. The van der Waals surface area contributed by atoms with Gasteiger partial charge in [0.2, 0.25) is 5.13 Å². The summed E-state index contributed by atoms with van der Waals surface area (Å²) in [6, 6.07) is 10.2. The maximum atomic E-state index is 5.56. The topological polar surface area (TPSA) is 64.7 Å². The van der Waals surface area contributed by atoms with Crippen molar-refractivity contribution in [1.82, 2.24) is 15.2 Å². The molecule has 3 aromatic rings. The molecule has 0 aliphatic rings. The zero-order valence-corrected chi connectivity index (χ0v) is 11.0. The summed E-state index contributed by atoms with van der Waals surface area (Å²) in [4.78, 5) is 4.35. The molecule has 0 aliphatic heterocycles. The van der Waals surface area contributed by atoms with Gasteiger partial charge in [0.1, 0.15) is 0 Å². The van der Waals surface area contributed by atoms with Crippen molar-refractivity contribution in [3.63, 3.8) is 0 Å². The number of thioether (sulfide) groups is 1. The van der Waals surface area contributed by atoms with Crippen LogP contribution in [0.1, 0.15) is 5.56 Å². The van der Waals surface area contributed by atoms with E-state index in [-0.39, 0.29) is 0 Å². The Balaban J connectivity index is 1.86. The van der Waals surface area contributed by atoms with Gasteiger partial charge in [0.15, 0.2) is 4.34 Å². The van der Waals surface area contributed by atoms with Crippen molar-refractivity contribution in [3.8, 4) is 0 Å². The molecule has 0 atom stereocenters. The zero-order valence-electron chi connectivity index (χ0n) is 9.41. The molecule has 2 aromatic heterocycles. The van der Waals surface area contributed by atoms with Crippen LogP contribution in [0.25, 0.3) is 10.9 Å². The standard InChI is InChI=1S/C12H10N4S2/c13-11-15-16-12(18-11)17-7-8-5-6-14-10-4-2-1-3-9(8)10/h1-6H,7H2,(H2,13,15). The summed E-state index contributed by atoms with van der Waals surface area (Å²) in [5.74, 6) is 0.845. The smallest absolute Gasteiger partial charge is 0.203 e. The number of nitrogens with zero attached hydrogens (tertiary/aromatic N) is 3. The molecular formula is C12H10N4S2. The molecular weight excluding hydrogens is 264 g/mol. The second-order valence-corrected chi connectivity index (χ2v) is 5.91. The van der Waals surface area contributed by atoms with Gasteiger partial charge in [-0.3, -0.25) is 4.98 Å². The van der Waals surface area contributed by atoms with Gasteiger partial charge in [0, 0.05) is 17.3 Å². The van der Waals surface area contributed by atoms with Crippen LogP contribution in [0.15, 0.2) is 40.9 Å². The van der Waals surface area contributed by atoms with Gasteiger partial charge in [-0.25, -0.2) is 0 Å². The zero-order chi connectivity index (χ0) is 12.4. The molecule has 0 aliphatic carbocycles. The van der Waals surface area contributed by atoms with E-state index in [1.54, 1.807) is 11.8 Å². The molecule has 6 heteroatoms. The van der Waals surface area contributed by atoms with Crippen molar-refractivity contribution in [3.05, 3.63) is 42.1 Å². The van der Waals surface area contributed by atoms with Crippen LogP contribution in [0.4, 0.5) is 5.13 Å². The van der Waals surface area contributed by atoms with Crippen LogP contribution in [0.5, 0.6) is 0 Å². The van der Waals surface area contributed by atoms with Crippen molar-refractivity contribution in [2.24, 2.45) is 0 Å². The van der Waals surface area contributed by atoms with E-state index in [1.165, 1.54) is 22.3 Å². The summed E-state index contributed by atoms with van der Waals surface area (Å²) >= 11 is 3.06. The molecule has 0 saturated carbocycles. The van der Waals surface area contributed by atoms with Crippen LogP contribution in [0, 0.1) is 0 Å². The first-order valence-electron chi connectivity index (χ1n) is 5.37. The van der Waals surface area contributed by atoms with Crippen molar-refractivity contribution in [2.75, 3.05) is 5.73 Å². The molecule has 0 amide bonds. The van der Waals surface area contributed by atoms with Gasteiger partial charge in [-0.05, 0) is 17.7 Å². The number of fused-ring (bicyclic) bond motifs is 1. The number of hydrogen-bond acceptors (Lipinski definition) is 6. The van der Waals surface area contributed by atoms with E-state index in [2.05, 4.69) is 21.2 Å². The molecule has 1 aromatic carbocycles. The van der Waals surface area contributed by atoms with Crippen LogP contribution in [-0.2, 0) is 5.75 Å². The lowest BCUT2D eigenvalue weighted by atomic mass is 10.1. The molecule has 0 fully saturated rings. The Kier molecular flexibility index (Phi) is 3.12. The fraction of sp³-hybridized carbons (Fsp3) is 0.0833. The molecule has 0 unspecified atom stereocenters. The Morgan fingerprint density at radius 2 is 2.06 bits per heavy atom. The second-order valence-electron chi connectivity index (χ2n) is 3.68. The van der Waals surface area contributed by atoms with E-state index in [0.29, 0.717) is 5.13 Å². The van der Waals surface area contributed by atoms with E-state index in [9.17, 15) is 0 Å². The van der Waals surface area contributed by atoms with E-state index in [1.807, 2.05) is 30.5 Å². The summed E-state index contributed by atoms with van der Waals surface area (Å²) in [5, 5.41) is 9.50. The van der Waals surface area contributed by atoms with Gasteiger partial charge in [0.05, 0.1) is 5.52 Å². The molecule has 0 radical (unpaired) electrons. The first kappa shape index (κ1) is 11.4. The predicted octanol–water partition coefficient (Wildman–Crippen LogP) is 2.96. The number of nitrogen functional groups attached to an aromatic ring is 1. The third kappa shape index (κ3) is 2.30. The lowest BCUT2D eigenvalue weighted by Crippen LogP contribution is -1.86. The lowest BCUT2D eigenvalue weighted by molar-refractivity contribution is 1.02. The SMILES string of the molecule is Nc1nnc(SCc2ccnc3ccccc23)s1. The van der Waals surface area contributed by atoms with Crippen molar-refractivity contribution < 1.29 is 0 Å². The Hall–Kier alpha value is -1.66. The molecule has 18 heavy (non-hydrogen) atoms. The summed E-state index contributed by atoms with van der Waals surface area (Å²) in [5.41, 5.74) is 7.83. The number of anilines is 1. The summed E-state index contributed by atoms with van der Waals surface area (Å²) in [6.45, 7) is 0. The summed E-state index contributed by atoms with van der Waals surface area (Å²) < 4.78 is 0.897. The maximum Gasteiger partial charge on any atom is 0.203 e. The molecule has 2 N–H and O–H groups in total. The van der Waals surface area contributed by atoms with Gasteiger partial charge in [-0.1, -0.05) is 41.3 Å². The number of para-hydroxylation sites is 1. The molecule has 90 valence electrons. The van der Waals surface area contributed by atoms with Crippen LogP contribution in [-0.4, -0.2) is 15.2 Å². The minimum Gasteiger partial charge on any atom is -0.374 e. The van der Waals surface area contributed by atoms with Crippen LogP contribution in [0.3, 0.4) is 0 Å². The molecule has 0 saturated heterocycles. The highest BCUT2D eigenvalue weighted by atomic mass is 32.2. The third-order valence-electron chi connectivity index (χ3n) is 2.51. The number of hydrogen-bond donors (Lipinski definition) is 1. The lowest BCUT2D eigenvalue weighted by Gasteiger charge is -2.03. The van der Waals surface area contributed by atoms with Crippen molar-refractivity contribution in [1.29, 1.82) is 0 Å². The third-order valence-corrected chi connectivity index (χ3v) is 4.45. The fourth-order valence-corrected chi connectivity index (χ4v) is 3.34. The van der Waals surface area contributed by atoms with E-state index in [4.69, 9.17) is 5.73 Å². The second kappa shape index (κ2) is 4.91. The van der Waals surface area contributed by atoms with Crippen LogP contribution in [0.2, 0.25) is 0 Å². The average Bonchev–Trinajstić information content (AvgIpc) is 2.82. The Bertz CT molecular complexity index is 675. The van der Waals surface area contributed by atoms with Crippen LogP contribution < -0.4 is 5.73 Å². The largest absolute Gasteiger partial charge is 0.374 e. The van der Waals surface area contributed by atoms with Crippen molar-refractivity contribution >= 4 is 39.1 Å². The molecule has 4 nitrogen and oxygen atoms in total. The van der Waals surface area contributed by atoms with E-state index >= 15 is 0 Å². The first-order chi connectivity index (χ1) is 8.83. The Morgan fingerprint density at radius 3 is 2.89 bits per heavy atom. The molecule has 3 rings (SSSR count). The predicted molar refractivity (Wildman–Crippen MR) is 75.6 cm³/mol. The van der Waals surface area contributed by atoms with Gasteiger partial charge in [-0.2, -0.15) is 0 Å². The normalized spacial score (nSPS) is 10.9. The minimum absolute atomic E-state index is 0.511. The van der Waals surface area contributed by atoms with Crippen molar-refractivity contribution in [2.45, 2.75) is 10.1 Å². The highest BCUT2D eigenvalue weighted by Crippen LogP contribution is 2.29. The van der Waals surface area contributed by atoms with Gasteiger partial charge in [0.25, 0.3) is 0 Å². The van der Waals surface area contributed by atoms with E-state index < -0.39 is 0 Å². The van der Waals surface area contributed by atoms with Gasteiger partial charge < -0.3 is 5.73 Å². The van der Waals surface area contributed by atoms with Crippen LogP contribution >= 0.6 is 23.1 Å². The monoisotopic (exact) mass is 274 g/mol. The number of rotatable bonds is 3. The highest BCUT2D eigenvalue weighted by molar-refractivity contribution is 8.00. The number of nitrogens with two attached hydrogens (primary N) is 1. The first-order valence-corrected chi connectivity index (χ1v) is 7.17. The van der Waals surface area contributed by atoms with Gasteiger partial charge >= 0.3 is 0 Å². The maximum absolute atomic E-state index is 5.56. The summed E-state index contributed by atoms with van der Waals surface area (Å²) in [6.07, 6.45) is 1.84. The van der Waals surface area contributed by atoms with E-state index in [0.717, 1.165) is 15.6 Å². The number of aromatic nitrogens is 3. The fourth-order valence-electron chi connectivity index (χ4n) is 1.70. The highest BCUT2D eigenvalue weighted by Gasteiger charge is 2.05. The molecule has 0 bridgehead atoms. The van der Waals surface area contributed by atoms with Gasteiger partial charge in [-0.15, -0.1) is 10.2 Å². The Labute approximate surface area is 112 Å². The number of benzene rings is 1. The molecule has 0 spiro atoms. The average molecular weight is 274 g/mol. The Morgan fingerprint density at radius 1 is 1.17 bits per heavy atom. The quantitative estimate of drug-likeness (QED) is 0.744. The summed E-state index contributed by atoms with van der Waals surface area (Å²) in [7, 11) is 0. The molecule has 2 heterocycles. The minimum atomic E-state index is 0.511.